The third kappa shape index (κ3) is 10.6. The highest BCUT2D eigenvalue weighted by atomic mass is 16.8. The SMILES string of the molecule is CCCOCCOC(=O)OC(C)OC(=O)C(N)CC(=O)O. The molecule has 2 unspecified atom stereocenters. The Kier molecular flexibility index (Phi) is 9.90. The highest BCUT2D eigenvalue weighted by molar-refractivity contribution is 5.81. The zero-order valence-electron chi connectivity index (χ0n) is 12.1. The van der Waals surface area contributed by atoms with Gasteiger partial charge in [-0.05, 0) is 6.42 Å². The van der Waals surface area contributed by atoms with Crippen molar-refractivity contribution >= 4 is 18.1 Å². The molecule has 0 heterocycles. The summed E-state index contributed by atoms with van der Waals surface area (Å²) in [6, 6.07) is -1.33. The van der Waals surface area contributed by atoms with Gasteiger partial charge in [-0.2, -0.15) is 0 Å². The first-order chi connectivity index (χ1) is 9.86. The minimum Gasteiger partial charge on any atom is -0.481 e. The Balaban J connectivity index is 3.86. The first kappa shape index (κ1) is 19.1. The van der Waals surface area contributed by atoms with E-state index in [1.807, 2.05) is 6.92 Å². The minimum absolute atomic E-state index is 0.0119. The van der Waals surface area contributed by atoms with Crippen LogP contribution in [-0.2, 0) is 28.5 Å². The van der Waals surface area contributed by atoms with Crippen LogP contribution < -0.4 is 5.73 Å². The number of carboxylic acids is 1. The fourth-order valence-corrected chi connectivity index (χ4v) is 1.15. The van der Waals surface area contributed by atoms with Crippen LogP contribution in [0.15, 0.2) is 0 Å². The fourth-order valence-electron chi connectivity index (χ4n) is 1.15. The van der Waals surface area contributed by atoms with Crippen LogP contribution in [0.1, 0.15) is 26.7 Å². The predicted molar refractivity (Wildman–Crippen MR) is 69.3 cm³/mol. The molecular formula is C12H21NO8. The molecule has 0 saturated carbocycles. The zero-order chi connectivity index (χ0) is 16.3. The highest BCUT2D eigenvalue weighted by Gasteiger charge is 2.22. The molecule has 0 aromatic carbocycles. The molecule has 0 aliphatic carbocycles. The van der Waals surface area contributed by atoms with Gasteiger partial charge < -0.3 is 29.8 Å². The number of nitrogens with two attached hydrogens (primary N) is 1. The largest absolute Gasteiger partial charge is 0.511 e. The summed E-state index contributed by atoms with van der Waals surface area (Å²) in [5.74, 6) is -2.22. The van der Waals surface area contributed by atoms with Gasteiger partial charge in [-0.3, -0.25) is 9.59 Å². The summed E-state index contributed by atoms with van der Waals surface area (Å²) >= 11 is 0. The molecule has 2 atom stereocenters. The van der Waals surface area contributed by atoms with Gasteiger partial charge in [-0.25, -0.2) is 4.79 Å². The predicted octanol–water partition coefficient (Wildman–Crippen LogP) is 0.257. The zero-order valence-corrected chi connectivity index (χ0v) is 12.1. The molecule has 0 saturated heterocycles. The smallest absolute Gasteiger partial charge is 0.481 e. The Morgan fingerprint density at radius 1 is 1.14 bits per heavy atom. The van der Waals surface area contributed by atoms with E-state index in [9.17, 15) is 14.4 Å². The monoisotopic (exact) mass is 307 g/mol. The van der Waals surface area contributed by atoms with E-state index >= 15 is 0 Å². The molecule has 9 heteroatoms. The molecule has 0 aliphatic heterocycles. The number of carbonyl (C=O) groups is 3. The Bertz CT molecular complexity index is 346. The summed E-state index contributed by atoms with van der Waals surface area (Å²) in [5.41, 5.74) is 5.28. The number of rotatable bonds is 10. The van der Waals surface area contributed by atoms with E-state index in [1.165, 1.54) is 6.92 Å². The van der Waals surface area contributed by atoms with E-state index in [0.29, 0.717) is 6.61 Å². The maximum atomic E-state index is 11.3. The number of carbonyl (C=O) groups excluding carboxylic acids is 2. The van der Waals surface area contributed by atoms with Gasteiger partial charge in [0.05, 0.1) is 13.0 Å². The van der Waals surface area contributed by atoms with Gasteiger partial charge in [0.1, 0.15) is 12.6 Å². The minimum atomic E-state index is -1.33. The molecule has 0 bridgehead atoms. The molecule has 0 radical (unpaired) electrons. The number of hydrogen-bond acceptors (Lipinski definition) is 8. The van der Waals surface area contributed by atoms with Crippen molar-refractivity contribution in [2.24, 2.45) is 5.73 Å². The molecule has 0 rings (SSSR count). The molecule has 0 fully saturated rings. The van der Waals surface area contributed by atoms with E-state index < -0.39 is 36.8 Å². The third-order valence-electron chi connectivity index (χ3n) is 2.04. The summed E-state index contributed by atoms with van der Waals surface area (Å²) in [6.45, 7) is 4.03. The molecule has 0 spiro atoms. The lowest BCUT2D eigenvalue weighted by molar-refractivity contribution is -0.171. The van der Waals surface area contributed by atoms with E-state index in [1.54, 1.807) is 0 Å². The lowest BCUT2D eigenvalue weighted by Gasteiger charge is -2.16. The average molecular weight is 307 g/mol. The molecule has 0 aliphatic rings. The maximum Gasteiger partial charge on any atom is 0.511 e. The summed E-state index contributed by atoms with van der Waals surface area (Å²) < 4.78 is 19.0. The average Bonchev–Trinajstić information content (AvgIpc) is 2.37. The van der Waals surface area contributed by atoms with Crippen LogP contribution in [0.3, 0.4) is 0 Å². The van der Waals surface area contributed by atoms with Crippen molar-refractivity contribution in [1.29, 1.82) is 0 Å². The van der Waals surface area contributed by atoms with E-state index in [2.05, 4.69) is 14.2 Å². The number of carboxylic acid groups (broad SMARTS) is 1. The molecule has 21 heavy (non-hydrogen) atoms. The highest BCUT2D eigenvalue weighted by Crippen LogP contribution is 2.01. The molecule has 122 valence electrons. The van der Waals surface area contributed by atoms with Crippen molar-refractivity contribution in [3.63, 3.8) is 0 Å². The summed E-state index contributed by atoms with van der Waals surface area (Å²) in [7, 11) is 0. The van der Waals surface area contributed by atoms with Crippen molar-refractivity contribution in [3.05, 3.63) is 0 Å². The second kappa shape index (κ2) is 10.9. The first-order valence-corrected chi connectivity index (χ1v) is 6.45. The van der Waals surface area contributed by atoms with Crippen molar-refractivity contribution in [1.82, 2.24) is 0 Å². The van der Waals surface area contributed by atoms with Crippen LogP contribution in [0.5, 0.6) is 0 Å². The first-order valence-electron chi connectivity index (χ1n) is 6.45. The lowest BCUT2D eigenvalue weighted by Crippen LogP contribution is -2.37. The molecule has 9 nitrogen and oxygen atoms in total. The molecule has 3 N–H and O–H groups in total. The number of ether oxygens (including phenoxy) is 4. The van der Waals surface area contributed by atoms with Crippen LogP contribution in [-0.4, -0.2) is 55.4 Å². The summed E-state index contributed by atoms with van der Waals surface area (Å²) in [6.07, 6.45) is -1.98. The van der Waals surface area contributed by atoms with Gasteiger partial charge in [0.2, 0.25) is 6.29 Å². The van der Waals surface area contributed by atoms with E-state index in [0.717, 1.165) is 6.42 Å². The Hall–Kier alpha value is -1.87. The van der Waals surface area contributed by atoms with Gasteiger partial charge >= 0.3 is 18.1 Å². The van der Waals surface area contributed by atoms with Gasteiger partial charge in [-0.1, -0.05) is 6.92 Å². The van der Waals surface area contributed by atoms with Crippen LogP contribution in [0, 0.1) is 0 Å². The van der Waals surface area contributed by atoms with Gasteiger partial charge in [-0.15, -0.1) is 0 Å². The Labute approximate surface area is 122 Å². The number of esters is 1. The second-order valence-corrected chi connectivity index (χ2v) is 4.04. The standard InChI is InChI=1S/C12H21NO8/c1-3-4-18-5-6-19-12(17)21-8(2)20-11(16)9(13)7-10(14)15/h8-9H,3-7,13H2,1-2H3,(H,14,15). The quantitative estimate of drug-likeness (QED) is 0.331. The maximum absolute atomic E-state index is 11.3. The van der Waals surface area contributed by atoms with Crippen LogP contribution >= 0.6 is 0 Å². The molecule has 0 aromatic heterocycles. The van der Waals surface area contributed by atoms with Gasteiger partial charge in [0.15, 0.2) is 0 Å². The van der Waals surface area contributed by atoms with Crippen LogP contribution in [0.4, 0.5) is 4.79 Å². The fraction of sp³-hybridized carbons (Fsp3) is 0.750. The normalized spacial score (nSPS) is 13.1. The number of aliphatic carboxylic acids is 1. The van der Waals surface area contributed by atoms with Crippen molar-refractivity contribution in [2.75, 3.05) is 19.8 Å². The van der Waals surface area contributed by atoms with Gasteiger partial charge in [0, 0.05) is 13.5 Å². The summed E-state index contributed by atoms with van der Waals surface area (Å²) in [5, 5.41) is 8.47. The third-order valence-corrected chi connectivity index (χ3v) is 2.04. The topological polar surface area (TPSA) is 134 Å². The second-order valence-electron chi connectivity index (χ2n) is 4.04. The molecule has 0 amide bonds. The molecular weight excluding hydrogens is 286 g/mol. The van der Waals surface area contributed by atoms with Crippen molar-refractivity contribution < 1.29 is 38.4 Å². The molecule has 0 aromatic rings. The van der Waals surface area contributed by atoms with E-state index in [-0.39, 0.29) is 13.2 Å². The van der Waals surface area contributed by atoms with E-state index in [4.69, 9.17) is 15.6 Å². The van der Waals surface area contributed by atoms with Gasteiger partial charge in [0.25, 0.3) is 0 Å². The Morgan fingerprint density at radius 2 is 1.81 bits per heavy atom. The van der Waals surface area contributed by atoms with Crippen molar-refractivity contribution in [3.8, 4) is 0 Å². The summed E-state index contributed by atoms with van der Waals surface area (Å²) in [4.78, 5) is 32.9. The van der Waals surface area contributed by atoms with Crippen LogP contribution in [0.2, 0.25) is 0 Å². The lowest BCUT2D eigenvalue weighted by atomic mass is 10.2. The van der Waals surface area contributed by atoms with Crippen molar-refractivity contribution in [2.45, 2.75) is 39.0 Å². The van der Waals surface area contributed by atoms with Crippen LogP contribution in [0.25, 0.3) is 0 Å². The Morgan fingerprint density at radius 3 is 2.38 bits per heavy atom. The number of hydrogen-bond donors (Lipinski definition) is 2.